The number of alkyl carbamates (subject to hydrolysis) is 1. The molecule has 3 saturated heterocycles. The molecule has 9 rings (SSSR count). The Labute approximate surface area is 266 Å². The molecule has 0 aliphatic carbocycles. The van der Waals surface area contributed by atoms with Gasteiger partial charge in [0.05, 0.1) is 23.1 Å². The first-order chi connectivity index (χ1) is 22.3. The van der Waals surface area contributed by atoms with Crippen molar-refractivity contribution in [1.29, 1.82) is 0 Å². The van der Waals surface area contributed by atoms with Crippen molar-refractivity contribution < 1.29 is 23.8 Å². The summed E-state index contributed by atoms with van der Waals surface area (Å²) in [5, 5.41) is 15.8. The Morgan fingerprint density at radius 3 is 2.76 bits per heavy atom. The van der Waals surface area contributed by atoms with Crippen LogP contribution in [0.5, 0.6) is 11.8 Å². The summed E-state index contributed by atoms with van der Waals surface area (Å²) in [6.45, 7) is 5.94. The molecule has 0 radical (unpaired) electrons. The number of phenolic OH excluding ortho intramolecular Hbond substituents is 1. The second-order valence-corrected chi connectivity index (χ2v) is 13.7. The number of pyridine rings is 1. The topological polar surface area (TPSA) is 113 Å². The first-order valence-corrected chi connectivity index (χ1v) is 16.5. The van der Waals surface area contributed by atoms with Crippen molar-refractivity contribution in [3.05, 3.63) is 47.9 Å². The molecular formula is C35H39FN6O4. The Balaban J connectivity index is 1.31. The van der Waals surface area contributed by atoms with Crippen LogP contribution in [0.3, 0.4) is 0 Å². The number of carbonyl (C=O) groups is 1. The predicted molar refractivity (Wildman–Crippen MR) is 173 cm³/mol. The van der Waals surface area contributed by atoms with Crippen LogP contribution < -0.4 is 15.0 Å². The van der Waals surface area contributed by atoms with E-state index in [0.29, 0.717) is 49.3 Å². The molecule has 11 heteroatoms. The molecule has 3 fully saturated rings. The highest BCUT2D eigenvalue weighted by Gasteiger charge is 2.45. The minimum atomic E-state index is -0.588. The summed E-state index contributed by atoms with van der Waals surface area (Å²) >= 11 is 0. The zero-order valence-electron chi connectivity index (χ0n) is 26.1. The molecule has 0 saturated carbocycles. The van der Waals surface area contributed by atoms with Gasteiger partial charge in [0.15, 0.2) is 5.82 Å². The van der Waals surface area contributed by atoms with Gasteiger partial charge in [-0.25, -0.2) is 9.18 Å². The molecule has 7 heterocycles. The van der Waals surface area contributed by atoms with Gasteiger partial charge in [-0.1, -0.05) is 18.2 Å². The predicted octanol–water partition coefficient (Wildman–Crippen LogP) is 5.73. The molecule has 1 atom stereocenters. The van der Waals surface area contributed by atoms with Crippen molar-refractivity contribution in [1.82, 2.24) is 25.2 Å². The summed E-state index contributed by atoms with van der Waals surface area (Å²) in [5.74, 6) is -0.0456. The number of carbonyl (C=O) groups excluding carboxylic acids is 1. The Kier molecular flexibility index (Phi) is 7.12. The number of aromatic nitrogens is 3. The minimum absolute atomic E-state index is 0.0174. The zero-order valence-corrected chi connectivity index (χ0v) is 26.1. The number of amides is 1. The summed E-state index contributed by atoms with van der Waals surface area (Å²) in [5.41, 5.74) is 1.04. The smallest absolute Gasteiger partial charge is 0.407 e. The molecule has 5 aliphatic rings. The van der Waals surface area contributed by atoms with E-state index in [1.807, 2.05) is 25.1 Å². The van der Waals surface area contributed by atoms with Crippen molar-refractivity contribution in [2.75, 3.05) is 44.3 Å². The number of benzene rings is 2. The monoisotopic (exact) mass is 626 g/mol. The van der Waals surface area contributed by atoms with E-state index in [1.54, 1.807) is 18.3 Å². The highest BCUT2D eigenvalue weighted by Crippen LogP contribution is 2.41. The first kappa shape index (κ1) is 29.2. The molecule has 2 N–H and O–H groups in total. The summed E-state index contributed by atoms with van der Waals surface area (Å²) in [6.07, 6.45) is 8.30. The van der Waals surface area contributed by atoms with Crippen LogP contribution in [0.25, 0.3) is 32.9 Å². The number of fused-ring (bicyclic) bond motifs is 7. The molecule has 10 nitrogen and oxygen atoms in total. The van der Waals surface area contributed by atoms with E-state index in [-0.39, 0.29) is 35.1 Å². The van der Waals surface area contributed by atoms with E-state index in [0.717, 1.165) is 68.0 Å². The maximum atomic E-state index is 17.0. The lowest BCUT2D eigenvalue weighted by molar-refractivity contribution is 0.107. The van der Waals surface area contributed by atoms with E-state index in [9.17, 15) is 9.90 Å². The van der Waals surface area contributed by atoms with Crippen LogP contribution in [0.2, 0.25) is 0 Å². The molecule has 2 aromatic carbocycles. The van der Waals surface area contributed by atoms with Gasteiger partial charge in [-0.05, 0) is 99.8 Å². The van der Waals surface area contributed by atoms with Gasteiger partial charge in [0, 0.05) is 24.8 Å². The molecular weight excluding hydrogens is 587 g/mol. The number of anilines is 1. The van der Waals surface area contributed by atoms with Crippen LogP contribution in [-0.4, -0.2) is 81.5 Å². The van der Waals surface area contributed by atoms with Crippen LogP contribution in [0.4, 0.5) is 15.0 Å². The van der Waals surface area contributed by atoms with Gasteiger partial charge in [0.1, 0.15) is 29.4 Å². The van der Waals surface area contributed by atoms with E-state index < -0.39 is 17.4 Å². The lowest BCUT2D eigenvalue weighted by Gasteiger charge is -2.41. The van der Waals surface area contributed by atoms with Crippen molar-refractivity contribution in [3.63, 3.8) is 0 Å². The fraction of sp³-hybridized carbons (Fsp3) is 0.486. The Morgan fingerprint density at radius 2 is 1.91 bits per heavy atom. The van der Waals surface area contributed by atoms with Gasteiger partial charge in [-0.15, -0.1) is 0 Å². The standard InChI is InChI=1S/C35H39FN6O4/c1-34-10-4-13-41(20-34)31-26-19-37-29(28(36)30(26)38-32(39-31)46-21-35-11-5-14-42(35)15-6-12-35)25-18-24(43)17-23-8-2-7-22(27(23)25)9-3-16-45-33(44)40-34/h2,7-8,17-19,43H,3-6,9-16,20-21H2,1H3,(H,40,44). The van der Waals surface area contributed by atoms with Crippen molar-refractivity contribution in [2.24, 2.45) is 0 Å². The molecule has 46 heavy (non-hydrogen) atoms. The van der Waals surface area contributed by atoms with Crippen molar-refractivity contribution in [3.8, 4) is 23.0 Å². The number of nitrogens with zero attached hydrogens (tertiary/aromatic N) is 5. The summed E-state index contributed by atoms with van der Waals surface area (Å²) in [7, 11) is 0. The third-order valence-corrected chi connectivity index (χ3v) is 10.5. The summed E-state index contributed by atoms with van der Waals surface area (Å²) in [4.78, 5) is 31.8. The van der Waals surface area contributed by atoms with Crippen LogP contribution in [0.1, 0.15) is 57.4 Å². The second-order valence-electron chi connectivity index (χ2n) is 13.7. The fourth-order valence-corrected chi connectivity index (χ4v) is 8.29. The van der Waals surface area contributed by atoms with E-state index in [2.05, 4.69) is 20.1 Å². The molecule has 6 bridgehead atoms. The third kappa shape index (κ3) is 5.05. The SMILES string of the molecule is CC12CCCN(C1)c1nc(OCC34CCCN3CCC4)nc3c(F)c(ncc13)-c1cc(O)cc3cccc(c13)CCCOC(=O)N2. The van der Waals surface area contributed by atoms with Crippen LogP contribution >= 0.6 is 0 Å². The summed E-state index contributed by atoms with van der Waals surface area (Å²) < 4.78 is 29.0. The average Bonchev–Trinajstić information content (AvgIpc) is 3.62. The molecule has 4 aromatic rings. The highest BCUT2D eigenvalue weighted by molar-refractivity contribution is 6.01. The molecule has 1 unspecified atom stereocenters. The Bertz CT molecular complexity index is 1840. The molecule has 1 amide bonds. The Hall–Kier alpha value is -4.25. The maximum absolute atomic E-state index is 17.0. The van der Waals surface area contributed by atoms with E-state index >= 15 is 4.39 Å². The number of hydrogen-bond donors (Lipinski definition) is 2. The van der Waals surface area contributed by atoms with Gasteiger partial charge in [0.25, 0.3) is 0 Å². The number of phenols is 1. The van der Waals surface area contributed by atoms with Crippen molar-refractivity contribution >= 4 is 33.6 Å². The number of halogens is 1. The highest BCUT2D eigenvalue weighted by atomic mass is 19.1. The first-order valence-electron chi connectivity index (χ1n) is 16.5. The van der Waals surface area contributed by atoms with Crippen molar-refractivity contribution in [2.45, 2.75) is 69.4 Å². The molecule has 0 spiro atoms. The van der Waals surface area contributed by atoms with Gasteiger partial charge < -0.3 is 24.8 Å². The minimum Gasteiger partial charge on any atom is -0.508 e. The van der Waals surface area contributed by atoms with Crippen LogP contribution in [-0.2, 0) is 11.2 Å². The van der Waals surface area contributed by atoms with Crippen LogP contribution in [0.15, 0.2) is 36.5 Å². The Morgan fingerprint density at radius 1 is 1.09 bits per heavy atom. The van der Waals surface area contributed by atoms with Crippen LogP contribution in [0, 0.1) is 5.82 Å². The number of aryl methyl sites for hydroxylation is 1. The molecule has 240 valence electrons. The van der Waals surface area contributed by atoms with E-state index in [1.165, 1.54) is 0 Å². The molecule has 5 aliphatic heterocycles. The second kappa shape index (κ2) is 11.2. The van der Waals surface area contributed by atoms with Gasteiger partial charge in [-0.3, -0.25) is 9.88 Å². The summed E-state index contributed by atoms with van der Waals surface area (Å²) in [6, 6.07) is 9.14. The number of rotatable bonds is 3. The van der Waals surface area contributed by atoms with Gasteiger partial charge >= 0.3 is 12.1 Å². The maximum Gasteiger partial charge on any atom is 0.407 e. The lowest BCUT2D eigenvalue weighted by Crippen LogP contribution is -2.57. The normalized spacial score (nSPS) is 23.0. The number of ether oxygens (including phenoxy) is 2. The van der Waals surface area contributed by atoms with Gasteiger partial charge in [-0.2, -0.15) is 9.97 Å². The fourth-order valence-electron chi connectivity index (χ4n) is 8.29. The number of nitrogens with one attached hydrogen (secondary N) is 1. The lowest BCUT2D eigenvalue weighted by atomic mass is 9.91. The number of piperidine rings is 1. The third-order valence-electron chi connectivity index (χ3n) is 10.5. The number of aromatic hydroxyl groups is 1. The molecule has 2 aromatic heterocycles. The largest absolute Gasteiger partial charge is 0.508 e. The van der Waals surface area contributed by atoms with Gasteiger partial charge in [0.2, 0.25) is 0 Å². The number of hydrogen-bond acceptors (Lipinski definition) is 9. The zero-order chi connectivity index (χ0) is 31.5. The average molecular weight is 627 g/mol. The van der Waals surface area contributed by atoms with E-state index in [4.69, 9.17) is 19.4 Å². The quantitative estimate of drug-likeness (QED) is 0.295.